The fraction of sp³-hybridized carbons (Fsp3) is 0.588. The molecule has 3 rings (SSSR count). The van der Waals surface area contributed by atoms with Crippen LogP contribution in [0.1, 0.15) is 25.7 Å². The van der Waals surface area contributed by atoms with Gasteiger partial charge in [-0.1, -0.05) is 18.9 Å². The second kappa shape index (κ2) is 8.34. The SMILES string of the molecule is O=C(Nc1cccc(S(=O)(=O)N2CCOCC2)c1)NC1CCCCC1O. The summed E-state index contributed by atoms with van der Waals surface area (Å²) in [6.45, 7) is 1.40. The van der Waals surface area contributed by atoms with Crippen molar-refractivity contribution >= 4 is 21.7 Å². The van der Waals surface area contributed by atoms with Gasteiger partial charge in [0.15, 0.2) is 0 Å². The number of rotatable bonds is 4. The molecule has 2 unspecified atom stereocenters. The number of carbonyl (C=O) groups excluding carboxylic acids is 1. The number of hydrogen-bond donors (Lipinski definition) is 3. The number of morpholine rings is 1. The number of aliphatic hydroxyl groups is 1. The zero-order valence-corrected chi connectivity index (χ0v) is 15.4. The number of benzene rings is 1. The molecule has 1 aromatic rings. The van der Waals surface area contributed by atoms with E-state index in [1.165, 1.54) is 16.4 Å². The van der Waals surface area contributed by atoms with E-state index >= 15 is 0 Å². The first-order valence-corrected chi connectivity index (χ1v) is 10.3. The Labute approximate surface area is 153 Å². The summed E-state index contributed by atoms with van der Waals surface area (Å²) in [5.74, 6) is 0. The Bertz CT molecular complexity index is 734. The molecule has 0 bridgehead atoms. The summed E-state index contributed by atoms with van der Waals surface area (Å²) in [6, 6.07) is 5.47. The van der Waals surface area contributed by atoms with Crippen LogP contribution in [0, 0.1) is 0 Å². The second-order valence-corrected chi connectivity index (χ2v) is 8.54. The van der Waals surface area contributed by atoms with Gasteiger partial charge in [0.05, 0.1) is 30.3 Å². The van der Waals surface area contributed by atoms with Gasteiger partial charge in [-0.05, 0) is 31.0 Å². The molecule has 1 heterocycles. The van der Waals surface area contributed by atoms with Gasteiger partial charge in [0.2, 0.25) is 10.0 Å². The van der Waals surface area contributed by atoms with Crippen molar-refractivity contribution in [3.8, 4) is 0 Å². The van der Waals surface area contributed by atoms with Gasteiger partial charge < -0.3 is 20.5 Å². The molecule has 1 aliphatic heterocycles. The van der Waals surface area contributed by atoms with Gasteiger partial charge in [0.1, 0.15) is 0 Å². The van der Waals surface area contributed by atoms with Gasteiger partial charge >= 0.3 is 6.03 Å². The molecule has 0 aromatic heterocycles. The van der Waals surface area contributed by atoms with Crippen molar-refractivity contribution < 1.29 is 23.1 Å². The normalized spacial score (nSPS) is 24.8. The number of hydrogen-bond acceptors (Lipinski definition) is 5. The van der Waals surface area contributed by atoms with Crippen LogP contribution in [0.4, 0.5) is 10.5 Å². The third-order valence-corrected chi connectivity index (χ3v) is 6.64. The standard InChI is InChI=1S/C17H25N3O5S/c21-16-7-2-1-6-15(16)19-17(22)18-13-4-3-5-14(12-13)26(23,24)20-8-10-25-11-9-20/h3-5,12,15-16,21H,1-2,6-11H2,(H2,18,19,22). The maximum absolute atomic E-state index is 12.7. The number of carbonyl (C=O) groups is 1. The summed E-state index contributed by atoms with van der Waals surface area (Å²) in [7, 11) is -3.61. The molecule has 2 atom stereocenters. The summed E-state index contributed by atoms with van der Waals surface area (Å²) < 4.78 is 32.0. The maximum atomic E-state index is 12.7. The lowest BCUT2D eigenvalue weighted by Crippen LogP contribution is -2.46. The van der Waals surface area contributed by atoms with Crippen molar-refractivity contribution in [3.63, 3.8) is 0 Å². The van der Waals surface area contributed by atoms with Crippen LogP contribution in [0.15, 0.2) is 29.2 Å². The zero-order chi connectivity index (χ0) is 18.6. The molecule has 3 N–H and O–H groups in total. The molecular weight excluding hydrogens is 358 g/mol. The van der Waals surface area contributed by atoms with Gasteiger partial charge in [0.25, 0.3) is 0 Å². The first-order chi connectivity index (χ1) is 12.5. The van der Waals surface area contributed by atoms with Crippen LogP contribution in [0.3, 0.4) is 0 Å². The Kier molecular flexibility index (Phi) is 6.13. The van der Waals surface area contributed by atoms with Crippen molar-refractivity contribution in [2.24, 2.45) is 0 Å². The molecule has 1 saturated carbocycles. The Morgan fingerprint density at radius 2 is 1.92 bits per heavy atom. The highest BCUT2D eigenvalue weighted by Crippen LogP contribution is 2.21. The minimum atomic E-state index is -3.61. The van der Waals surface area contributed by atoms with Gasteiger partial charge in [-0.2, -0.15) is 4.31 Å². The van der Waals surface area contributed by atoms with E-state index in [0.29, 0.717) is 38.4 Å². The highest BCUT2D eigenvalue weighted by Gasteiger charge is 2.27. The lowest BCUT2D eigenvalue weighted by molar-refractivity contribution is 0.0730. The molecule has 1 saturated heterocycles. The molecule has 0 radical (unpaired) electrons. The monoisotopic (exact) mass is 383 g/mol. The van der Waals surface area contributed by atoms with E-state index in [1.807, 2.05) is 0 Å². The Balaban J connectivity index is 1.66. The van der Waals surface area contributed by atoms with E-state index in [1.54, 1.807) is 12.1 Å². The summed E-state index contributed by atoms with van der Waals surface area (Å²) >= 11 is 0. The van der Waals surface area contributed by atoms with E-state index in [9.17, 15) is 18.3 Å². The van der Waals surface area contributed by atoms with Crippen molar-refractivity contribution in [2.75, 3.05) is 31.6 Å². The van der Waals surface area contributed by atoms with E-state index in [2.05, 4.69) is 10.6 Å². The third-order valence-electron chi connectivity index (χ3n) is 4.75. The first-order valence-electron chi connectivity index (χ1n) is 8.90. The minimum Gasteiger partial charge on any atom is -0.391 e. The third kappa shape index (κ3) is 4.53. The number of sulfonamides is 1. The molecule has 1 aliphatic carbocycles. The zero-order valence-electron chi connectivity index (χ0n) is 14.6. The van der Waals surface area contributed by atoms with Gasteiger partial charge in [0, 0.05) is 18.8 Å². The largest absolute Gasteiger partial charge is 0.391 e. The molecule has 1 aromatic carbocycles. The summed E-state index contributed by atoms with van der Waals surface area (Å²) in [5.41, 5.74) is 0.391. The molecule has 26 heavy (non-hydrogen) atoms. The van der Waals surface area contributed by atoms with Crippen molar-refractivity contribution in [2.45, 2.75) is 42.7 Å². The van der Waals surface area contributed by atoms with Gasteiger partial charge in [-0.15, -0.1) is 0 Å². The lowest BCUT2D eigenvalue weighted by Gasteiger charge is -2.28. The van der Waals surface area contributed by atoms with Crippen LogP contribution in [-0.4, -0.2) is 62.3 Å². The number of anilines is 1. The molecular formula is C17H25N3O5S. The van der Waals surface area contributed by atoms with Crippen molar-refractivity contribution in [1.82, 2.24) is 9.62 Å². The van der Waals surface area contributed by atoms with Crippen LogP contribution in [0.25, 0.3) is 0 Å². The quantitative estimate of drug-likeness (QED) is 0.722. The number of amides is 2. The second-order valence-electron chi connectivity index (χ2n) is 6.60. The summed E-state index contributed by atoms with van der Waals surface area (Å²) in [6.07, 6.45) is 2.80. The van der Waals surface area contributed by atoms with Crippen LogP contribution in [0.5, 0.6) is 0 Å². The molecule has 2 amide bonds. The molecule has 0 spiro atoms. The highest BCUT2D eigenvalue weighted by molar-refractivity contribution is 7.89. The van der Waals surface area contributed by atoms with Crippen molar-refractivity contribution in [3.05, 3.63) is 24.3 Å². The van der Waals surface area contributed by atoms with Crippen LogP contribution >= 0.6 is 0 Å². The average Bonchev–Trinajstić information content (AvgIpc) is 2.64. The molecule has 2 fully saturated rings. The highest BCUT2D eigenvalue weighted by atomic mass is 32.2. The lowest BCUT2D eigenvalue weighted by atomic mass is 9.93. The number of ether oxygens (including phenoxy) is 1. The predicted octanol–water partition coefficient (Wildman–Crippen LogP) is 1.13. The van der Waals surface area contributed by atoms with E-state index in [-0.39, 0.29) is 10.9 Å². The average molecular weight is 383 g/mol. The molecule has 9 heteroatoms. The Morgan fingerprint density at radius 1 is 1.19 bits per heavy atom. The van der Waals surface area contributed by atoms with Gasteiger partial charge in [-0.25, -0.2) is 13.2 Å². The number of nitrogens with one attached hydrogen (secondary N) is 2. The molecule has 144 valence electrons. The first kappa shape index (κ1) is 19.1. The number of urea groups is 1. The number of aliphatic hydroxyl groups excluding tert-OH is 1. The van der Waals surface area contributed by atoms with Crippen molar-refractivity contribution in [1.29, 1.82) is 0 Å². The predicted molar refractivity (Wildman–Crippen MR) is 96.4 cm³/mol. The van der Waals surface area contributed by atoms with Crippen LogP contribution < -0.4 is 10.6 Å². The maximum Gasteiger partial charge on any atom is 0.319 e. The van der Waals surface area contributed by atoms with E-state index in [0.717, 1.165) is 19.3 Å². The minimum absolute atomic E-state index is 0.134. The topological polar surface area (TPSA) is 108 Å². The molecule has 2 aliphatic rings. The summed E-state index contributed by atoms with van der Waals surface area (Å²) in [4.78, 5) is 12.3. The Morgan fingerprint density at radius 3 is 2.65 bits per heavy atom. The fourth-order valence-electron chi connectivity index (χ4n) is 3.29. The smallest absolute Gasteiger partial charge is 0.319 e. The van der Waals surface area contributed by atoms with Gasteiger partial charge in [-0.3, -0.25) is 0 Å². The summed E-state index contributed by atoms with van der Waals surface area (Å²) in [5, 5.41) is 15.4. The van der Waals surface area contributed by atoms with Crippen LogP contribution in [-0.2, 0) is 14.8 Å². The number of nitrogens with zero attached hydrogens (tertiary/aromatic N) is 1. The Hall–Kier alpha value is -1.68. The van der Waals surface area contributed by atoms with E-state index in [4.69, 9.17) is 4.74 Å². The van der Waals surface area contributed by atoms with Crippen LogP contribution in [0.2, 0.25) is 0 Å². The van der Waals surface area contributed by atoms with E-state index < -0.39 is 22.2 Å². The fourth-order valence-corrected chi connectivity index (χ4v) is 4.74. The molecule has 8 nitrogen and oxygen atoms in total.